The summed E-state index contributed by atoms with van der Waals surface area (Å²) in [5, 5.41) is 4.69. The van der Waals surface area contributed by atoms with Gasteiger partial charge in [-0.25, -0.2) is 15.0 Å². The maximum Gasteiger partial charge on any atom is 0.164 e. The molecule has 11 rings (SSSR count). The molecule has 3 heteroatoms. The van der Waals surface area contributed by atoms with Gasteiger partial charge in [-0.3, -0.25) is 0 Å². The van der Waals surface area contributed by atoms with E-state index in [1.165, 1.54) is 49.7 Å². The number of benzene rings is 9. The number of fused-ring (bicyclic) bond motifs is 5. The Morgan fingerprint density at radius 2 is 0.719 bits per heavy atom. The van der Waals surface area contributed by atoms with Gasteiger partial charge in [-0.2, -0.15) is 0 Å². The van der Waals surface area contributed by atoms with E-state index in [9.17, 15) is 0 Å². The summed E-state index contributed by atoms with van der Waals surface area (Å²) < 4.78 is 0. The minimum absolute atomic E-state index is 0.532. The van der Waals surface area contributed by atoms with Gasteiger partial charge in [0.25, 0.3) is 0 Å². The molecule has 0 atom stereocenters. The molecule has 3 nitrogen and oxygen atoms in total. The normalized spacial score (nSPS) is 12.7. The molecule has 0 unspecified atom stereocenters. The number of rotatable bonds is 6. The zero-order valence-corrected chi connectivity index (χ0v) is 31.0. The average molecular weight is 726 g/mol. The molecule has 1 heterocycles. The molecule has 0 radical (unpaired) electrons. The predicted octanol–water partition coefficient (Wildman–Crippen LogP) is 13.2. The summed E-state index contributed by atoms with van der Waals surface area (Å²) in [6.07, 6.45) is 0. The van der Waals surface area contributed by atoms with Crippen molar-refractivity contribution in [2.45, 2.75) is 5.41 Å². The predicted molar refractivity (Wildman–Crippen MR) is 234 cm³/mol. The summed E-state index contributed by atoms with van der Waals surface area (Å²) in [6, 6.07) is 75.7. The van der Waals surface area contributed by atoms with E-state index in [4.69, 9.17) is 15.0 Å². The SMILES string of the molecule is c1ccc(-c2nc(-c3cccc4c3-c3ccccc3C4(c3ccccc3)c3ccccc3)nc(-c3cccc4c(-c5cccc6ccccc56)cccc34)n2)cc1. The zero-order chi connectivity index (χ0) is 37.8. The maximum absolute atomic E-state index is 5.42. The first-order chi connectivity index (χ1) is 28.3. The summed E-state index contributed by atoms with van der Waals surface area (Å²) in [6.45, 7) is 0. The van der Waals surface area contributed by atoms with E-state index in [2.05, 4.69) is 194 Å². The van der Waals surface area contributed by atoms with Crippen molar-refractivity contribution in [1.29, 1.82) is 0 Å². The first kappa shape index (κ1) is 32.9. The van der Waals surface area contributed by atoms with Gasteiger partial charge in [0.05, 0.1) is 5.41 Å². The van der Waals surface area contributed by atoms with E-state index < -0.39 is 5.41 Å². The Morgan fingerprint density at radius 3 is 1.46 bits per heavy atom. The molecule has 0 saturated carbocycles. The van der Waals surface area contributed by atoms with E-state index in [1.807, 2.05) is 18.2 Å². The lowest BCUT2D eigenvalue weighted by molar-refractivity contribution is 0.768. The van der Waals surface area contributed by atoms with Gasteiger partial charge < -0.3 is 0 Å². The summed E-state index contributed by atoms with van der Waals surface area (Å²) in [5.74, 6) is 1.92. The number of aromatic nitrogens is 3. The molecule has 266 valence electrons. The van der Waals surface area contributed by atoms with Gasteiger partial charge in [-0.05, 0) is 66.1 Å². The van der Waals surface area contributed by atoms with Crippen LogP contribution in [0.15, 0.2) is 212 Å². The molecule has 1 aromatic heterocycles. The third-order valence-electron chi connectivity index (χ3n) is 11.6. The lowest BCUT2D eigenvalue weighted by Gasteiger charge is -2.33. The zero-order valence-electron chi connectivity index (χ0n) is 31.0. The van der Waals surface area contributed by atoms with Gasteiger partial charge in [0, 0.05) is 16.7 Å². The molecule has 0 fully saturated rings. The molecular weight excluding hydrogens is 691 g/mol. The van der Waals surface area contributed by atoms with Gasteiger partial charge in [0.2, 0.25) is 0 Å². The lowest BCUT2D eigenvalue weighted by Crippen LogP contribution is -2.28. The van der Waals surface area contributed by atoms with E-state index in [-0.39, 0.29) is 0 Å². The van der Waals surface area contributed by atoms with E-state index in [0.29, 0.717) is 17.5 Å². The second kappa shape index (κ2) is 13.4. The van der Waals surface area contributed by atoms with Crippen LogP contribution in [0.25, 0.3) is 78.0 Å². The van der Waals surface area contributed by atoms with E-state index >= 15 is 0 Å². The molecule has 1 aliphatic rings. The van der Waals surface area contributed by atoms with Gasteiger partial charge in [-0.15, -0.1) is 0 Å². The number of hydrogen-bond acceptors (Lipinski definition) is 3. The van der Waals surface area contributed by atoms with Crippen LogP contribution in [0, 0.1) is 0 Å². The van der Waals surface area contributed by atoms with Crippen molar-refractivity contribution in [2.24, 2.45) is 0 Å². The standard InChI is InChI=1S/C54H35N3/c1-4-19-37(20-5-1)51-55-52(45-32-16-30-43-42(29-15-31-44(43)45)41-28-14-21-36-18-10-11-26-40(36)41)57-53(56-51)47-33-17-35-49-50(47)46-27-12-13-34-48(46)54(49,38-22-6-2-7-23-38)39-24-8-3-9-25-39/h1-35H. The van der Waals surface area contributed by atoms with Gasteiger partial charge in [0.15, 0.2) is 17.5 Å². The minimum Gasteiger partial charge on any atom is -0.208 e. The second-order valence-corrected chi connectivity index (χ2v) is 14.7. The molecular formula is C54H35N3. The van der Waals surface area contributed by atoms with Crippen molar-refractivity contribution in [3.63, 3.8) is 0 Å². The van der Waals surface area contributed by atoms with Crippen LogP contribution in [0.1, 0.15) is 22.3 Å². The van der Waals surface area contributed by atoms with E-state index in [0.717, 1.165) is 33.0 Å². The highest BCUT2D eigenvalue weighted by molar-refractivity contribution is 6.09. The first-order valence-corrected chi connectivity index (χ1v) is 19.5. The molecule has 9 aromatic carbocycles. The van der Waals surface area contributed by atoms with Gasteiger partial charge in [0.1, 0.15) is 0 Å². The topological polar surface area (TPSA) is 38.7 Å². The Bertz CT molecular complexity index is 3070. The van der Waals surface area contributed by atoms with Crippen LogP contribution in [0.4, 0.5) is 0 Å². The van der Waals surface area contributed by atoms with Crippen molar-refractivity contribution < 1.29 is 0 Å². The largest absolute Gasteiger partial charge is 0.208 e. The van der Waals surface area contributed by atoms with Crippen molar-refractivity contribution in [1.82, 2.24) is 15.0 Å². The minimum atomic E-state index is -0.532. The Kier molecular flexibility index (Phi) is 7.71. The Labute approximate surface area is 331 Å². The Hall–Kier alpha value is -7.49. The highest BCUT2D eigenvalue weighted by Gasteiger charge is 2.47. The van der Waals surface area contributed by atoms with Crippen molar-refractivity contribution in [2.75, 3.05) is 0 Å². The summed E-state index contributed by atoms with van der Waals surface area (Å²) in [7, 11) is 0. The van der Waals surface area contributed by atoms with Crippen LogP contribution in [-0.4, -0.2) is 15.0 Å². The molecule has 0 aliphatic heterocycles. The summed E-state index contributed by atoms with van der Waals surface area (Å²) in [5.41, 5.74) is 12.0. The van der Waals surface area contributed by atoms with Gasteiger partial charge in [-0.1, -0.05) is 212 Å². The monoisotopic (exact) mass is 725 g/mol. The maximum atomic E-state index is 5.42. The number of hydrogen-bond donors (Lipinski definition) is 0. The summed E-state index contributed by atoms with van der Waals surface area (Å²) in [4.78, 5) is 16.0. The molecule has 10 aromatic rings. The van der Waals surface area contributed by atoms with Gasteiger partial charge >= 0.3 is 0 Å². The highest BCUT2D eigenvalue weighted by atomic mass is 15.0. The molecule has 1 aliphatic carbocycles. The molecule has 0 N–H and O–H groups in total. The summed E-state index contributed by atoms with van der Waals surface area (Å²) >= 11 is 0. The van der Waals surface area contributed by atoms with Crippen LogP contribution in [0.3, 0.4) is 0 Å². The third kappa shape index (κ3) is 5.17. The fourth-order valence-electron chi connectivity index (χ4n) is 9.21. The fourth-order valence-corrected chi connectivity index (χ4v) is 9.21. The highest BCUT2D eigenvalue weighted by Crippen LogP contribution is 2.58. The van der Waals surface area contributed by atoms with Crippen LogP contribution in [0.2, 0.25) is 0 Å². The quantitative estimate of drug-likeness (QED) is 0.171. The van der Waals surface area contributed by atoms with Crippen molar-refractivity contribution >= 4 is 21.5 Å². The van der Waals surface area contributed by atoms with Crippen LogP contribution >= 0.6 is 0 Å². The Balaban J connectivity index is 1.17. The number of nitrogens with zero attached hydrogens (tertiary/aromatic N) is 3. The fraction of sp³-hybridized carbons (Fsp3) is 0.0185. The molecule has 0 amide bonds. The molecule has 57 heavy (non-hydrogen) atoms. The average Bonchev–Trinajstić information content (AvgIpc) is 3.60. The van der Waals surface area contributed by atoms with Crippen LogP contribution < -0.4 is 0 Å². The smallest absolute Gasteiger partial charge is 0.164 e. The Morgan fingerprint density at radius 1 is 0.281 bits per heavy atom. The third-order valence-corrected chi connectivity index (χ3v) is 11.6. The molecule has 0 bridgehead atoms. The molecule has 0 spiro atoms. The van der Waals surface area contributed by atoms with Crippen LogP contribution in [-0.2, 0) is 5.41 Å². The second-order valence-electron chi connectivity index (χ2n) is 14.7. The first-order valence-electron chi connectivity index (χ1n) is 19.5. The van der Waals surface area contributed by atoms with Crippen LogP contribution in [0.5, 0.6) is 0 Å². The lowest BCUT2D eigenvalue weighted by atomic mass is 9.67. The van der Waals surface area contributed by atoms with Crippen molar-refractivity contribution in [3.8, 4) is 56.4 Å². The van der Waals surface area contributed by atoms with E-state index in [1.54, 1.807) is 0 Å². The van der Waals surface area contributed by atoms with Crippen molar-refractivity contribution in [3.05, 3.63) is 235 Å². The molecule has 0 saturated heterocycles.